The Hall–Kier alpha value is -2.85. The molecular formula is C22H31N7O3. The molecule has 0 amide bonds. The van der Waals surface area contributed by atoms with Crippen LogP contribution in [0.2, 0.25) is 0 Å². The Balaban J connectivity index is 1.43. The summed E-state index contributed by atoms with van der Waals surface area (Å²) in [5.74, 6) is 7.39. The van der Waals surface area contributed by atoms with Crippen molar-refractivity contribution < 1.29 is 14.3 Å². The summed E-state index contributed by atoms with van der Waals surface area (Å²) >= 11 is 0. The lowest BCUT2D eigenvalue weighted by Gasteiger charge is -2.44. The third-order valence-electron chi connectivity index (χ3n) is 7.31. The fourth-order valence-electron chi connectivity index (χ4n) is 5.47. The third-order valence-corrected chi connectivity index (χ3v) is 7.31. The molecule has 4 aliphatic rings. The van der Waals surface area contributed by atoms with E-state index >= 15 is 0 Å². The molecule has 1 saturated carbocycles. The number of ether oxygens (including phenoxy) is 2. The second kappa shape index (κ2) is 7.63. The Morgan fingerprint density at radius 3 is 2.97 bits per heavy atom. The summed E-state index contributed by atoms with van der Waals surface area (Å²) in [6.07, 6.45) is 5.29. The minimum absolute atomic E-state index is 0.0590. The number of hydrazine groups is 1. The summed E-state index contributed by atoms with van der Waals surface area (Å²) in [6, 6.07) is 2.19. The summed E-state index contributed by atoms with van der Waals surface area (Å²) in [5, 5.41) is 6.20. The van der Waals surface area contributed by atoms with Crippen molar-refractivity contribution >= 4 is 17.3 Å². The molecule has 2 bridgehead atoms. The predicted molar refractivity (Wildman–Crippen MR) is 118 cm³/mol. The molecule has 10 heteroatoms. The van der Waals surface area contributed by atoms with E-state index in [0.29, 0.717) is 30.8 Å². The molecular weight excluding hydrogens is 410 g/mol. The normalized spacial score (nSPS) is 29.4. The van der Waals surface area contributed by atoms with Gasteiger partial charge in [-0.2, -0.15) is 0 Å². The number of carbonyl (C=O) groups excluding carboxylic acids is 1. The van der Waals surface area contributed by atoms with Crippen molar-refractivity contribution in [3.8, 4) is 0 Å². The quantitative estimate of drug-likeness (QED) is 0.291. The maximum absolute atomic E-state index is 12.0. The Kier molecular flexibility index (Phi) is 5.01. The van der Waals surface area contributed by atoms with E-state index < -0.39 is 11.6 Å². The highest BCUT2D eigenvalue weighted by atomic mass is 16.5. The smallest absolute Gasteiger partial charge is 0.357 e. The predicted octanol–water partition coefficient (Wildman–Crippen LogP) is 0.894. The van der Waals surface area contributed by atoms with Crippen LogP contribution in [0.3, 0.4) is 0 Å². The molecule has 10 nitrogen and oxygen atoms in total. The number of hydrogen-bond donors (Lipinski definition) is 2. The fraction of sp³-hybridized carbons (Fsp3) is 0.591. The van der Waals surface area contributed by atoms with Crippen LogP contribution in [-0.2, 0) is 19.9 Å². The number of esters is 1. The van der Waals surface area contributed by atoms with Gasteiger partial charge >= 0.3 is 5.97 Å². The summed E-state index contributed by atoms with van der Waals surface area (Å²) < 4.78 is 12.9. The van der Waals surface area contributed by atoms with Gasteiger partial charge in [0.1, 0.15) is 5.60 Å². The first kappa shape index (κ1) is 21.0. The number of carbonyl (C=O) groups is 1. The van der Waals surface area contributed by atoms with E-state index in [1.807, 2.05) is 4.52 Å². The number of fused-ring (bicyclic) bond motifs is 2. The first-order valence-corrected chi connectivity index (χ1v) is 11.1. The van der Waals surface area contributed by atoms with E-state index in [0.717, 1.165) is 30.7 Å². The van der Waals surface area contributed by atoms with Gasteiger partial charge in [-0.05, 0) is 43.2 Å². The van der Waals surface area contributed by atoms with Crippen molar-refractivity contribution in [3.63, 3.8) is 0 Å². The van der Waals surface area contributed by atoms with Crippen molar-refractivity contribution in [2.75, 3.05) is 38.3 Å². The number of rotatable bonds is 6. The summed E-state index contributed by atoms with van der Waals surface area (Å²) in [6.45, 7) is 7.51. The Labute approximate surface area is 187 Å². The number of methoxy groups -OCH3 is 1. The number of nitrogens with two attached hydrogens (primary N) is 2. The van der Waals surface area contributed by atoms with Crippen LogP contribution in [0.15, 0.2) is 24.2 Å². The molecule has 2 aromatic rings. The second-order valence-electron chi connectivity index (χ2n) is 9.39. The molecule has 4 fully saturated rings. The van der Waals surface area contributed by atoms with Gasteiger partial charge in [-0.25, -0.2) is 20.1 Å². The Bertz CT molecular complexity index is 1080. The van der Waals surface area contributed by atoms with E-state index in [9.17, 15) is 4.79 Å². The van der Waals surface area contributed by atoms with Crippen molar-refractivity contribution in [3.05, 3.63) is 35.5 Å². The Morgan fingerprint density at radius 2 is 2.31 bits per heavy atom. The molecule has 2 aromatic heterocycles. The van der Waals surface area contributed by atoms with Gasteiger partial charge < -0.3 is 25.1 Å². The number of pyridine rings is 1. The Morgan fingerprint density at radius 1 is 1.50 bits per heavy atom. The first-order chi connectivity index (χ1) is 15.4. The molecule has 1 aliphatic carbocycles. The van der Waals surface area contributed by atoms with E-state index in [4.69, 9.17) is 31.1 Å². The van der Waals surface area contributed by atoms with Crippen LogP contribution < -0.4 is 16.5 Å². The van der Waals surface area contributed by atoms with Gasteiger partial charge in [-0.15, -0.1) is 5.10 Å². The van der Waals surface area contributed by atoms with Crippen molar-refractivity contribution in [1.29, 1.82) is 0 Å². The van der Waals surface area contributed by atoms with E-state index in [1.54, 1.807) is 0 Å². The highest BCUT2D eigenvalue weighted by molar-refractivity contribution is 5.87. The average molecular weight is 442 g/mol. The molecule has 4 unspecified atom stereocenters. The largest absolute Gasteiger partial charge is 0.464 e. The van der Waals surface area contributed by atoms with Gasteiger partial charge in [0, 0.05) is 31.8 Å². The van der Waals surface area contributed by atoms with Crippen LogP contribution >= 0.6 is 0 Å². The number of aromatic nitrogens is 3. The van der Waals surface area contributed by atoms with Gasteiger partial charge in [-0.3, -0.25) is 0 Å². The minimum atomic E-state index is -0.598. The van der Waals surface area contributed by atoms with Crippen molar-refractivity contribution in [1.82, 2.24) is 19.6 Å². The van der Waals surface area contributed by atoms with Crippen LogP contribution in [0.5, 0.6) is 0 Å². The molecule has 32 heavy (non-hydrogen) atoms. The topological polar surface area (TPSA) is 124 Å². The molecule has 172 valence electrons. The van der Waals surface area contributed by atoms with Gasteiger partial charge in [0.2, 0.25) is 0 Å². The van der Waals surface area contributed by atoms with Gasteiger partial charge in [-0.1, -0.05) is 6.92 Å². The van der Waals surface area contributed by atoms with E-state index in [2.05, 4.69) is 31.0 Å². The number of anilines is 1. The van der Waals surface area contributed by atoms with Gasteiger partial charge in [0.25, 0.3) is 0 Å². The highest BCUT2D eigenvalue weighted by Crippen LogP contribution is 2.59. The van der Waals surface area contributed by atoms with Gasteiger partial charge in [0.15, 0.2) is 17.2 Å². The minimum Gasteiger partial charge on any atom is -0.464 e. The summed E-state index contributed by atoms with van der Waals surface area (Å²) in [5.41, 5.74) is 8.23. The van der Waals surface area contributed by atoms with Gasteiger partial charge in [0.05, 0.1) is 25.6 Å². The lowest BCUT2D eigenvalue weighted by Crippen LogP contribution is -2.53. The molecule has 4 N–H and O–H groups in total. The molecule has 4 atom stereocenters. The van der Waals surface area contributed by atoms with Crippen molar-refractivity contribution in [2.24, 2.45) is 29.3 Å². The van der Waals surface area contributed by atoms with Crippen LogP contribution in [-0.4, -0.2) is 58.9 Å². The molecule has 0 aromatic carbocycles. The third kappa shape index (κ3) is 3.12. The molecule has 0 radical (unpaired) electrons. The van der Waals surface area contributed by atoms with Crippen LogP contribution in [0.1, 0.15) is 31.2 Å². The summed E-state index contributed by atoms with van der Waals surface area (Å²) in [4.78, 5) is 19.2. The number of hydrogen-bond acceptors (Lipinski definition) is 9. The molecule has 3 saturated heterocycles. The zero-order valence-electron chi connectivity index (χ0n) is 18.8. The fourth-order valence-corrected chi connectivity index (χ4v) is 5.47. The van der Waals surface area contributed by atoms with E-state index in [-0.39, 0.29) is 11.6 Å². The summed E-state index contributed by atoms with van der Waals surface area (Å²) in [7, 11) is 1.30. The molecule has 5 heterocycles. The monoisotopic (exact) mass is 441 g/mol. The highest BCUT2D eigenvalue weighted by Gasteiger charge is 2.64. The van der Waals surface area contributed by atoms with E-state index in [1.165, 1.54) is 30.4 Å². The zero-order chi connectivity index (χ0) is 22.6. The number of aryl methyl sites for hydroxylation is 1. The standard InChI is InChI=1S/C22H31N7O3/c1-13-4-5-27(9-13)16-6-14(2)19-25-21(26-29(19)10-16)22-7-15(12-32-22)17(22)11-28(24)18(8-23)20(30)31-3/h6,8,10,13,15,17H,4-5,7,9,11-12,23-24H2,1-3H3/b18-8-. The lowest BCUT2D eigenvalue weighted by molar-refractivity contribution is -0.138. The maximum Gasteiger partial charge on any atom is 0.357 e. The maximum atomic E-state index is 12.0. The first-order valence-electron chi connectivity index (χ1n) is 11.1. The number of nitrogens with zero attached hydrogens (tertiary/aromatic N) is 5. The molecule has 0 spiro atoms. The average Bonchev–Trinajstić information content (AvgIpc) is 3.54. The second-order valence-corrected chi connectivity index (χ2v) is 9.39. The van der Waals surface area contributed by atoms with Crippen molar-refractivity contribution in [2.45, 2.75) is 32.3 Å². The molecule has 3 aliphatic heterocycles. The lowest BCUT2D eigenvalue weighted by atomic mass is 9.63. The van der Waals surface area contributed by atoms with Crippen LogP contribution in [0, 0.1) is 24.7 Å². The van der Waals surface area contributed by atoms with Crippen LogP contribution in [0.4, 0.5) is 5.69 Å². The molecule has 6 rings (SSSR count). The zero-order valence-corrected chi connectivity index (χ0v) is 18.8. The van der Waals surface area contributed by atoms with Crippen LogP contribution in [0.25, 0.3) is 5.65 Å². The SMILES string of the molecule is COC(=O)/C(=C/N)N(N)CC1C2COC1(c1nc3c(C)cc(N4CCC(C)C4)cn3n1)C2.